The summed E-state index contributed by atoms with van der Waals surface area (Å²) < 4.78 is 9.28. The highest BCUT2D eigenvalue weighted by atomic mass is 16.3. The number of carbonyl (C=O) groups excluding carboxylic acids is 1. The molecule has 1 aromatic carbocycles. The van der Waals surface area contributed by atoms with Crippen molar-refractivity contribution in [3.8, 4) is 0 Å². The van der Waals surface area contributed by atoms with Crippen LogP contribution in [-0.2, 0) is 31.0 Å². The Morgan fingerprint density at radius 1 is 1.06 bits per heavy atom. The van der Waals surface area contributed by atoms with Crippen LogP contribution in [0.25, 0.3) is 11.0 Å². The summed E-state index contributed by atoms with van der Waals surface area (Å²) in [4.78, 5) is 39.1. The van der Waals surface area contributed by atoms with Crippen LogP contribution in [-0.4, -0.2) is 24.8 Å². The summed E-state index contributed by atoms with van der Waals surface area (Å²) in [5.41, 5.74) is 1.10. The lowest BCUT2D eigenvalue weighted by Gasteiger charge is -2.13. The van der Waals surface area contributed by atoms with Gasteiger partial charge in [-0.05, 0) is 31.5 Å². The second-order valence-electron chi connectivity index (χ2n) is 7.20. The molecule has 0 unspecified atom stereocenters. The van der Waals surface area contributed by atoms with Crippen LogP contribution >= 0.6 is 0 Å². The van der Waals surface area contributed by atoms with Crippen LogP contribution in [0.5, 0.6) is 0 Å². The summed E-state index contributed by atoms with van der Waals surface area (Å²) in [6.45, 7) is 4.14. The molecule has 9 nitrogen and oxygen atoms in total. The molecule has 0 radical (unpaired) electrons. The second-order valence-corrected chi connectivity index (χ2v) is 7.20. The number of fused-ring (bicyclic) bond motifs is 1. The van der Waals surface area contributed by atoms with Crippen LogP contribution < -0.4 is 16.6 Å². The number of aromatic nitrogens is 4. The van der Waals surface area contributed by atoms with Crippen molar-refractivity contribution in [2.24, 2.45) is 0 Å². The Morgan fingerprint density at radius 3 is 2.52 bits per heavy atom. The Balaban J connectivity index is 1.76. The van der Waals surface area contributed by atoms with Gasteiger partial charge in [-0.2, -0.15) is 5.10 Å². The van der Waals surface area contributed by atoms with Gasteiger partial charge in [-0.3, -0.25) is 23.4 Å². The van der Waals surface area contributed by atoms with E-state index in [1.54, 1.807) is 23.7 Å². The normalized spacial score (nSPS) is 11.2. The van der Waals surface area contributed by atoms with Crippen molar-refractivity contribution < 1.29 is 9.21 Å². The number of hydrogen-bond donors (Lipinski definition) is 1. The Morgan fingerprint density at radius 2 is 1.84 bits per heavy atom. The first-order valence-corrected chi connectivity index (χ1v) is 10.0. The third-order valence-electron chi connectivity index (χ3n) is 5.10. The van der Waals surface area contributed by atoms with Crippen LogP contribution in [0.15, 0.2) is 62.7 Å². The number of furan rings is 1. The topological polar surface area (TPSA) is 104 Å². The van der Waals surface area contributed by atoms with Crippen LogP contribution in [0.3, 0.4) is 0 Å². The van der Waals surface area contributed by atoms with Gasteiger partial charge < -0.3 is 9.73 Å². The average Bonchev–Trinajstić information content (AvgIpc) is 3.41. The van der Waals surface area contributed by atoms with Crippen molar-refractivity contribution in [2.45, 2.75) is 40.0 Å². The van der Waals surface area contributed by atoms with Gasteiger partial charge in [0, 0.05) is 13.1 Å². The highest BCUT2D eigenvalue weighted by Gasteiger charge is 2.22. The zero-order valence-electron chi connectivity index (χ0n) is 17.4. The summed E-state index contributed by atoms with van der Waals surface area (Å²) in [6.07, 6.45) is 1.48. The molecule has 0 saturated heterocycles. The summed E-state index contributed by atoms with van der Waals surface area (Å²) >= 11 is 0. The molecule has 0 saturated carbocycles. The number of carbonyl (C=O) groups is 1. The quantitative estimate of drug-likeness (QED) is 0.489. The minimum Gasteiger partial charge on any atom is -0.467 e. The van der Waals surface area contributed by atoms with Crippen molar-refractivity contribution in [3.05, 3.63) is 86.6 Å². The Bertz CT molecular complexity index is 1330. The lowest BCUT2D eigenvalue weighted by molar-refractivity contribution is -0.121. The molecule has 0 bridgehead atoms. The van der Waals surface area contributed by atoms with Gasteiger partial charge >= 0.3 is 5.69 Å². The number of nitrogens with zero attached hydrogens (tertiary/aromatic N) is 4. The lowest BCUT2D eigenvalue weighted by atomic mass is 10.2. The largest absolute Gasteiger partial charge is 0.467 e. The Kier molecular flexibility index (Phi) is 5.57. The third kappa shape index (κ3) is 3.94. The number of aryl methyl sites for hydroxylation is 2. The van der Waals surface area contributed by atoms with Gasteiger partial charge in [0.1, 0.15) is 17.8 Å². The molecule has 160 valence electrons. The van der Waals surface area contributed by atoms with Crippen molar-refractivity contribution in [3.63, 3.8) is 0 Å². The molecule has 0 aliphatic carbocycles. The number of nitrogens with one attached hydrogen (secondary N) is 1. The van der Waals surface area contributed by atoms with Crippen molar-refractivity contribution in [1.82, 2.24) is 24.2 Å². The van der Waals surface area contributed by atoms with Gasteiger partial charge in [0.15, 0.2) is 5.52 Å². The fourth-order valence-electron chi connectivity index (χ4n) is 3.63. The van der Waals surface area contributed by atoms with E-state index in [0.717, 1.165) is 10.1 Å². The maximum Gasteiger partial charge on any atom is 0.332 e. The van der Waals surface area contributed by atoms with Crippen LogP contribution in [0.2, 0.25) is 0 Å². The van der Waals surface area contributed by atoms with Crippen molar-refractivity contribution in [2.75, 3.05) is 0 Å². The summed E-state index contributed by atoms with van der Waals surface area (Å²) in [5.74, 6) is 0.136. The maximum absolute atomic E-state index is 13.3. The van der Waals surface area contributed by atoms with Gasteiger partial charge in [-0.15, -0.1) is 0 Å². The molecule has 0 fully saturated rings. The number of benzene rings is 1. The lowest BCUT2D eigenvalue weighted by Crippen LogP contribution is -2.43. The molecule has 3 aromatic heterocycles. The SMILES string of the molecule is CCn1nc(C)c2c1c(=O)n(Cc1ccco1)c(=O)n2CC(=O)NCc1ccccc1. The highest BCUT2D eigenvalue weighted by Crippen LogP contribution is 2.14. The first kappa shape index (κ1) is 20.4. The fraction of sp³-hybridized carbons (Fsp3) is 0.273. The molecule has 4 rings (SSSR count). The van der Waals surface area contributed by atoms with Crippen molar-refractivity contribution in [1.29, 1.82) is 0 Å². The van der Waals surface area contributed by atoms with E-state index in [-0.39, 0.29) is 19.0 Å². The number of rotatable bonds is 7. The molecule has 31 heavy (non-hydrogen) atoms. The summed E-state index contributed by atoms with van der Waals surface area (Å²) in [5, 5.41) is 7.23. The molecular formula is C22H23N5O4. The van der Waals surface area contributed by atoms with E-state index in [0.29, 0.717) is 35.6 Å². The number of amides is 1. The Hall–Kier alpha value is -3.88. The molecule has 3 heterocycles. The van der Waals surface area contributed by atoms with Crippen molar-refractivity contribution >= 4 is 16.9 Å². The zero-order valence-corrected chi connectivity index (χ0v) is 17.4. The predicted octanol–water partition coefficient (Wildman–Crippen LogP) is 1.65. The predicted molar refractivity (Wildman–Crippen MR) is 115 cm³/mol. The first-order chi connectivity index (χ1) is 15.0. The van der Waals surface area contributed by atoms with Gasteiger partial charge in [0.2, 0.25) is 5.91 Å². The van der Waals surface area contributed by atoms with Crippen LogP contribution in [0.1, 0.15) is 23.9 Å². The van der Waals surface area contributed by atoms with Crippen LogP contribution in [0.4, 0.5) is 0 Å². The van der Waals surface area contributed by atoms with E-state index in [1.165, 1.54) is 10.8 Å². The highest BCUT2D eigenvalue weighted by molar-refractivity contribution is 5.81. The average molecular weight is 421 g/mol. The molecule has 0 aliphatic heterocycles. The first-order valence-electron chi connectivity index (χ1n) is 10.0. The van der Waals surface area contributed by atoms with E-state index in [4.69, 9.17) is 4.42 Å². The van der Waals surface area contributed by atoms with Gasteiger partial charge in [0.05, 0.1) is 18.5 Å². The van der Waals surface area contributed by atoms with E-state index in [1.807, 2.05) is 37.3 Å². The Labute approximate surface area is 177 Å². The molecule has 0 spiro atoms. The maximum atomic E-state index is 13.3. The van der Waals surface area contributed by atoms with Gasteiger partial charge in [0.25, 0.3) is 5.56 Å². The molecule has 1 N–H and O–H groups in total. The molecule has 0 aliphatic rings. The second kappa shape index (κ2) is 8.47. The zero-order chi connectivity index (χ0) is 22.0. The minimum atomic E-state index is -0.581. The smallest absolute Gasteiger partial charge is 0.332 e. The minimum absolute atomic E-state index is 0.0276. The summed E-state index contributed by atoms with van der Waals surface area (Å²) in [6, 6.07) is 12.9. The van der Waals surface area contributed by atoms with E-state index >= 15 is 0 Å². The standard InChI is InChI=1S/C22H23N5O4/c1-3-27-20-19(15(2)24-27)25(14-18(28)23-12-16-8-5-4-6-9-16)22(30)26(21(20)29)13-17-10-7-11-31-17/h4-11H,3,12-14H2,1-2H3,(H,23,28). The van der Waals surface area contributed by atoms with Gasteiger partial charge in [-0.1, -0.05) is 30.3 Å². The molecule has 9 heteroatoms. The van der Waals surface area contributed by atoms with Crippen LogP contribution in [0, 0.1) is 6.92 Å². The van der Waals surface area contributed by atoms with Gasteiger partial charge in [-0.25, -0.2) is 4.79 Å². The monoisotopic (exact) mass is 421 g/mol. The molecule has 1 amide bonds. The molecule has 4 aromatic rings. The third-order valence-corrected chi connectivity index (χ3v) is 5.10. The molecular weight excluding hydrogens is 398 g/mol. The number of hydrogen-bond acceptors (Lipinski definition) is 5. The van der Waals surface area contributed by atoms with E-state index < -0.39 is 11.2 Å². The van der Waals surface area contributed by atoms with E-state index in [2.05, 4.69) is 10.4 Å². The molecule has 0 atom stereocenters. The summed E-state index contributed by atoms with van der Waals surface area (Å²) in [7, 11) is 0. The van der Waals surface area contributed by atoms with E-state index in [9.17, 15) is 14.4 Å². The fourth-order valence-corrected chi connectivity index (χ4v) is 3.63.